The van der Waals surface area contributed by atoms with Crippen LogP contribution in [0.1, 0.15) is 20.3 Å². The average Bonchev–Trinajstić information content (AvgIpc) is 2.73. The molecule has 0 saturated carbocycles. The number of hydrogen-bond donors (Lipinski definition) is 3. The monoisotopic (exact) mass is 257 g/mol. The summed E-state index contributed by atoms with van der Waals surface area (Å²) in [5.41, 5.74) is 0. The van der Waals surface area contributed by atoms with Crippen LogP contribution in [-0.2, 0) is 4.79 Å². The molecule has 1 fully saturated rings. The maximum absolute atomic E-state index is 11.6. The molecule has 0 spiro atoms. The molecule has 1 saturated heterocycles. The maximum atomic E-state index is 11.6. The number of hydrogen-bond acceptors (Lipinski definition) is 4. The van der Waals surface area contributed by atoms with Crippen molar-refractivity contribution < 1.29 is 14.7 Å². The number of likely N-dealkylation sites (tertiary alicyclic amines) is 1. The highest BCUT2D eigenvalue weighted by atomic mass is 16.3. The van der Waals surface area contributed by atoms with Crippen molar-refractivity contribution in [3.05, 3.63) is 0 Å². The van der Waals surface area contributed by atoms with E-state index in [4.69, 9.17) is 5.11 Å². The van der Waals surface area contributed by atoms with Gasteiger partial charge in [0.1, 0.15) is 0 Å². The minimum Gasteiger partial charge on any atom is -0.396 e. The van der Waals surface area contributed by atoms with Crippen LogP contribution >= 0.6 is 0 Å². The van der Waals surface area contributed by atoms with Gasteiger partial charge in [0.25, 0.3) is 0 Å². The number of carbonyl (C=O) groups excluding carboxylic acids is 2. The first-order valence-electron chi connectivity index (χ1n) is 6.42. The van der Waals surface area contributed by atoms with E-state index >= 15 is 0 Å². The zero-order chi connectivity index (χ0) is 13.5. The Balaban J connectivity index is 2.19. The molecule has 0 aromatic rings. The molecule has 1 heterocycles. The van der Waals surface area contributed by atoms with Gasteiger partial charge in [-0.05, 0) is 24.8 Å². The van der Waals surface area contributed by atoms with E-state index in [1.165, 1.54) is 0 Å². The highest BCUT2D eigenvalue weighted by molar-refractivity contribution is 5.95. The molecule has 1 aliphatic rings. The molecule has 1 atom stereocenters. The van der Waals surface area contributed by atoms with Crippen LogP contribution in [-0.4, -0.2) is 54.7 Å². The van der Waals surface area contributed by atoms with Crippen molar-refractivity contribution in [2.45, 2.75) is 20.3 Å². The van der Waals surface area contributed by atoms with E-state index < -0.39 is 6.03 Å². The van der Waals surface area contributed by atoms with Crippen molar-refractivity contribution in [1.82, 2.24) is 15.5 Å². The summed E-state index contributed by atoms with van der Waals surface area (Å²) in [4.78, 5) is 24.9. The molecule has 1 unspecified atom stereocenters. The van der Waals surface area contributed by atoms with Crippen molar-refractivity contribution in [3.63, 3.8) is 0 Å². The molecule has 3 N–H and O–H groups in total. The van der Waals surface area contributed by atoms with Gasteiger partial charge in [-0.25, -0.2) is 4.79 Å². The first kappa shape index (κ1) is 14.9. The summed E-state index contributed by atoms with van der Waals surface area (Å²) < 4.78 is 0. The lowest BCUT2D eigenvalue weighted by Crippen LogP contribution is -2.45. The van der Waals surface area contributed by atoms with Crippen LogP contribution in [0.4, 0.5) is 4.79 Å². The van der Waals surface area contributed by atoms with Gasteiger partial charge in [0, 0.05) is 19.7 Å². The van der Waals surface area contributed by atoms with Gasteiger partial charge < -0.3 is 10.4 Å². The number of aliphatic hydroxyl groups excluding tert-OH is 1. The fourth-order valence-corrected chi connectivity index (χ4v) is 1.92. The van der Waals surface area contributed by atoms with Gasteiger partial charge in [0.15, 0.2) is 0 Å². The van der Waals surface area contributed by atoms with Crippen molar-refractivity contribution in [3.8, 4) is 0 Å². The van der Waals surface area contributed by atoms with Crippen LogP contribution in [0.5, 0.6) is 0 Å². The normalized spacial score (nSPS) is 20.1. The number of amides is 3. The van der Waals surface area contributed by atoms with Gasteiger partial charge in [-0.1, -0.05) is 13.8 Å². The number of imide groups is 1. The number of urea groups is 1. The van der Waals surface area contributed by atoms with Crippen molar-refractivity contribution >= 4 is 11.9 Å². The van der Waals surface area contributed by atoms with E-state index in [1.807, 2.05) is 18.7 Å². The summed E-state index contributed by atoms with van der Waals surface area (Å²) >= 11 is 0. The summed E-state index contributed by atoms with van der Waals surface area (Å²) in [7, 11) is 0. The number of nitrogens with one attached hydrogen (secondary N) is 2. The minimum atomic E-state index is -0.438. The number of carbonyl (C=O) groups is 2. The first-order valence-corrected chi connectivity index (χ1v) is 6.42. The van der Waals surface area contributed by atoms with Crippen LogP contribution in [0.2, 0.25) is 0 Å². The van der Waals surface area contributed by atoms with Crippen LogP contribution < -0.4 is 10.6 Å². The second-order valence-corrected chi connectivity index (χ2v) is 5.22. The quantitative estimate of drug-likeness (QED) is 0.636. The zero-order valence-corrected chi connectivity index (χ0v) is 11.1. The number of rotatable bonds is 5. The molecule has 6 heteroatoms. The summed E-state index contributed by atoms with van der Waals surface area (Å²) in [6.07, 6.45) is 0.906. The first-order chi connectivity index (χ1) is 8.51. The molecule has 0 bridgehead atoms. The van der Waals surface area contributed by atoms with Crippen molar-refractivity contribution in [2.75, 3.05) is 32.8 Å². The van der Waals surface area contributed by atoms with Crippen molar-refractivity contribution in [2.24, 2.45) is 11.8 Å². The third kappa shape index (κ3) is 5.46. The van der Waals surface area contributed by atoms with Gasteiger partial charge in [-0.2, -0.15) is 0 Å². The lowest BCUT2D eigenvalue weighted by Gasteiger charge is -2.15. The molecule has 1 aliphatic heterocycles. The topological polar surface area (TPSA) is 81.7 Å². The Morgan fingerprint density at radius 1 is 1.44 bits per heavy atom. The molecule has 18 heavy (non-hydrogen) atoms. The molecule has 104 valence electrons. The Bertz CT molecular complexity index is 294. The summed E-state index contributed by atoms with van der Waals surface area (Å²) in [6, 6.07) is -0.438. The van der Waals surface area contributed by atoms with Crippen LogP contribution in [0.25, 0.3) is 0 Å². The number of aliphatic hydroxyl groups is 1. The highest BCUT2D eigenvalue weighted by Crippen LogP contribution is 2.14. The van der Waals surface area contributed by atoms with Crippen LogP contribution in [0, 0.1) is 11.8 Å². The maximum Gasteiger partial charge on any atom is 0.321 e. The Morgan fingerprint density at radius 3 is 2.72 bits per heavy atom. The number of nitrogens with zero attached hydrogens (tertiary/aromatic N) is 1. The van der Waals surface area contributed by atoms with Crippen molar-refractivity contribution in [1.29, 1.82) is 0 Å². The average molecular weight is 257 g/mol. The molecular formula is C12H23N3O3. The van der Waals surface area contributed by atoms with Gasteiger partial charge >= 0.3 is 6.03 Å². The minimum absolute atomic E-state index is 0.160. The molecule has 0 aromatic carbocycles. The summed E-state index contributed by atoms with van der Waals surface area (Å²) in [5.74, 6) is 0.317. The second kappa shape index (κ2) is 7.33. The molecule has 6 nitrogen and oxygen atoms in total. The predicted octanol–water partition coefficient (Wildman–Crippen LogP) is -0.218. The van der Waals surface area contributed by atoms with Gasteiger partial charge in [-0.3, -0.25) is 15.0 Å². The van der Waals surface area contributed by atoms with E-state index in [-0.39, 0.29) is 25.0 Å². The molecule has 1 rings (SSSR count). The van der Waals surface area contributed by atoms with E-state index in [0.29, 0.717) is 12.5 Å². The Morgan fingerprint density at radius 2 is 2.17 bits per heavy atom. The predicted molar refractivity (Wildman–Crippen MR) is 68.0 cm³/mol. The highest BCUT2D eigenvalue weighted by Gasteiger charge is 2.23. The van der Waals surface area contributed by atoms with Crippen LogP contribution in [0.15, 0.2) is 0 Å². The second-order valence-electron chi connectivity index (χ2n) is 5.22. The van der Waals surface area contributed by atoms with E-state index in [9.17, 15) is 9.59 Å². The molecule has 0 radical (unpaired) electrons. The Hall–Kier alpha value is -1.14. The lowest BCUT2D eigenvalue weighted by atomic mass is 10.1. The smallest absolute Gasteiger partial charge is 0.321 e. The lowest BCUT2D eigenvalue weighted by molar-refractivity contribution is -0.121. The van der Waals surface area contributed by atoms with Gasteiger partial charge in [-0.15, -0.1) is 0 Å². The fourth-order valence-electron chi connectivity index (χ4n) is 1.92. The van der Waals surface area contributed by atoms with E-state index in [0.717, 1.165) is 19.5 Å². The fraction of sp³-hybridized carbons (Fsp3) is 0.833. The molecule has 0 aliphatic carbocycles. The largest absolute Gasteiger partial charge is 0.396 e. The van der Waals surface area contributed by atoms with Crippen LogP contribution in [0.3, 0.4) is 0 Å². The SMILES string of the molecule is CC(C)CNC(=O)NC(=O)CN1CCC(CO)C1. The Labute approximate surface area is 108 Å². The molecular weight excluding hydrogens is 234 g/mol. The zero-order valence-electron chi connectivity index (χ0n) is 11.1. The Kier molecular flexibility index (Phi) is 6.07. The summed E-state index contributed by atoms with van der Waals surface area (Å²) in [6.45, 7) is 6.42. The molecule has 3 amide bonds. The van der Waals surface area contributed by atoms with Gasteiger partial charge in [0.05, 0.1) is 6.54 Å². The van der Waals surface area contributed by atoms with E-state index in [1.54, 1.807) is 0 Å². The van der Waals surface area contributed by atoms with Gasteiger partial charge in [0.2, 0.25) is 5.91 Å². The molecule has 0 aromatic heterocycles. The summed E-state index contributed by atoms with van der Waals surface area (Å²) in [5, 5.41) is 13.9. The third-order valence-electron chi connectivity index (χ3n) is 2.92. The standard InChI is InChI=1S/C12H23N3O3/c1-9(2)5-13-12(18)14-11(17)7-15-4-3-10(6-15)8-16/h9-10,16H,3-8H2,1-2H3,(H2,13,14,17,18). The van der Waals surface area contributed by atoms with E-state index in [2.05, 4.69) is 10.6 Å². The third-order valence-corrected chi connectivity index (χ3v) is 2.92.